The van der Waals surface area contributed by atoms with Crippen LogP contribution in [-0.4, -0.2) is 86.0 Å². The number of nitrogens with one attached hydrogen (secondary N) is 4. The summed E-state index contributed by atoms with van der Waals surface area (Å²) < 4.78 is 0. The number of thioether (sulfide) groups is 1. The van der Waals surface area contributed by atoms with E-state index in [9.17, 15) is 34.2 Å². The van der Waals surface area contributed by atoms with Crippen molar-refractivity contribution in [1.29, 1.82) is 0 Å². The van der Waals surface area contributed by atoms with Crippen molar-refractivity contribution in [3.05, 3.63) is 18.2 Å². The van der Waals surface area contributed by atoms with Crippen LogP contribution >= 0.6 is 11.8 Å². The number of H-pyrrole nitrogens is 1. The number of hydrogen-bond donors (Lipinski definition) is 7. The number of carbonyl (C=O) groups excluding carboxylic acids is 3. The predicted molar refractivity (Wildman–Crippen MR) is 128 cm³/mol. The first-order valence-electron chi connectivity index (χ1n) is 11.0. The zero-order valence-electron chi connectivity index (χ0n) is 19.9. The van der Waals surface area contributed by atoms with Crippen LogP contribution in [0.4, 0.5) is 0 Å². The van der Waals surface area contributed by atoms with Gasteiger partial charge in [-0.15, -0.1) is 0 Å². The molecule has 0 aliphatic heterocycles. The van der Waals surface area contributed by atoms with Crippen LogP contribution in [0.2, 0.25) is 0 Å². The standard InChI is InChI=1S/C21H34N6O7S/c1-11(2)6-14(19(31)27-16(21(33)34)7-12-9-23-10-24-12)26-20(32)15(8-17(28)29)25-18(30)13(22)4-5-35-3/h9-11,13-16H,4-8,22H2,1-3H3,(H,23,24)(H,25,30)(H,26,32)(H,27,31)(H,28,29)(H,33,34). The number of rotatable bonds is 16. The Kier molecular flexibility index (Phi) is 12.8. The maximum Gasteiger partial charge on any atom is 0.326 e. The van der Waals surface area contributed by atoms with E-state index in [-0.39, 0.29) is 18.8 Å². The summed E-state index contributed by atoms with van der Waals surface area (Å²) in [5.74, 6) is -4.42. The number of imidazole rings is 1. The maximum absolute atomic E-state index is 12.9. The van der Waals surface area contributed by atoms with Gasteiger partial charge in [0.05, 0.1) is 18.8 Å². The molecule has 4 unspecified atom stereocenters. The smallest absolute Gasteiger partial charge is 0.326 e. The Labute approximate surface area is 207 Å². The Balaban J connectivity index is 2.96. The van der Waals surface area contributed by atoms with Crippen molar-refractivity contribution in [1.82, 2.24) is 25.9 Å². The van der Waals surface area contributed by atoms with Gasteiger partial charge in [-0.1, -0.05) is 13.8 Å². The molecule has 1 aromatic rings. The topological polar surface area (TPSA) is 217 Å². The van der Waals surface area contributed by atoms with Gasteiger partial charge < -0.3 is 36.9 Å². The molecular formula is C21H34N6O7S. The van der Waals surface area contributed by atoms with Gasteiger partial charge in [-0.2, -0.15) is 11.8 Å². The summed E-state index contributed by atoms with van der Waals surface area (Å²) in [6, 6.07) is -4.86. The van der Waals surface area contributed by atoms with Gasteiger partial charge in [-0.3, -0.25) is 19.2 Å². The lowest BCUT2D eigenvalue weighted by Crippen LogP contribution is -2.58. The molecule has 0 aliphatic rings. The lowest BCUT2D eigenvalue weighted by molar-refractivity contribution is -0.143. The Morgan fingerprint density at radius 2 is 1.63 bits per heavy atom. The number of carboxylic acid groups (broad SMARTS) is 2. The molecule has 14 heteroatoms. The Morgan fingerprint density at radius 1 is 1.03 bits per heavy atom. The number of carboxylic acids is 2. The second kappa shape index (κ2) is 15.0. The van der Waals surface area contributed by atoms with E-state index in [0.717, 1.165) is 0 Å². The van der Waals surface area contributed by atoms with Gasteiger partial charge in [0, 0.05) is 18.3 Å². The summed E-state index contributed by atoms with van der Waals surface area (Å²) in [6.07, 6.45) is 4.35. The van der Waals surface area contributed by atoms with Crippen LogP contribution in [0.15, 0.2) is 12.5 Å². The molecule has 0 fully saturated rings. The summed E-state index contributed by atoms with van der Waals surface area (Å²) in [5.41, 5.74) is 6.30. The minimum absolute atomic E-state index is 0.0605. The van der Waals surface area contributed by atoms with Crippen molar-refractivity contribution in [3.63, 3.8) is 0 Å². The van der Waals surface area contributed by atoms with E-state index in [1.165, 1.54) is 24.3 Å². The van der Waals surface area contributed by atoms with Gasteiger partial charge in [0.25, 0.3) is 0 Å². The van der Waals surface area contributed by atoms with Crippen LogP contribution < -0.4 is 21.7 Å². The number of hydrogen-bond acceptors (Lipinski definition) is 8. The van der Waals surface area contributed by atoms with Gasteiger partial charge in [-0.25, -0.2) is 9.78 Å². The van der Waals surface area contributed by atoms with E-state index in [0.29, 0.717) is 17.9 Å². The van der Waals surface area contributed by atoms with E-state index < -0.39 is 60.2 Å². The second-order valence-corrected chi connectivity index (χ2v) is 9.40. The Bertz CT molecular complexity index is 864. The quantitative estimate of drug-likeness (QED) is 0.144. The molecule has 0 saturated heterocycles. The first-order chi connectivity index (χ1) is 16.4. The molecule has 1 aromatic heterocycles. The largest absolute Gasteiger partial charge is 0.481 e. The van der Waals surface area contributed by atoms with E-state index in [1.54, 1.807) is 13.8 Å². The van der Waals surface area contributed by atoms with Crippen molar-refractivity contribution in [2.45, 2.75) is 63.7 Å². The highest BCUT2D eigenvalue weighted by Crippen LogP contribution is 2.08. The number of amides is 3. The Hall–Kier alpha value is -3.13. The number of carbonyl (C=O) groups is 5. The number of nitrogens with zero attached hydrogens (tertiary/aromatic N) is 1. The molecule has 35 heavy (non-hydrogen) atoms. The lowest BCUT2D eigenvalue weighted by atomic mass is 10.0. The molecule has 0 spiro atoms. The molecule has 4 atom stereocenters. The fraction of sp³-hybridized carbons (Fsp3) is 0.619. The van der Waals surface area contributed by atoms with Crippen LogP contribution in [0.25, 0.3) is 0 Å². The van der Waals surface area contributed by atoms with Crippen LogP contribution in [0.5, 0.6) is 0 Å². The van der Waals surface area contributed by atoms with E-state index in [2.05, 4.69) is 25.9 Å². The summed E-state index contributed by atoms with van der Waals surface area (Å²) in [6.45, 7) is 3.60. The lowest BCUT2D eigenvalue weighted by Gasteiger charge is -2.25. The fourth-order valence-electron chi connectivity index (χ4n) is 3.10. The Morgan fingerprint density at radius 3 is 2.14 bits per heavy atom. The number of nitrogens with two attached hydrogens (primary N) is 1. The molecule has 0 aromatic carbocycles. The summed E-state index contributed by atoms with van der Waals surface area (Å²) in [5, 5.41) is 25.9. The minimum Gasteiger partial charge on any atom is -0.481 e. The molecule has 3 amide bonds. The van der Waals surface area contributed by atoms with Gasteiger partial charge in [0.1, 0.15) is 18.1 Å². The van der Waals surface area contributed by atoms with E-state index in [1.807, 2.05) is 6.26 Å². The summed E-state index contributed by atoms with van der Waals surface area (Å²) in [7, 11) is 0. The van der Waals surface area contributed by atoms with Crippen molar-refractivity contribution >= 4 is 41.4 Å². The van der Waals surface area contributed by atoms with Crippen LogP contribution in [0, 0.1) is 5.92 Å². The summed E-state index contributed by atoms with van der Waals surface area (Å²) in [4.78, 5) is 67.6. The average molecular weight is 515 g/mol. The normalized spacial score (nSPS) is 14.4. The van der Waals surface area contributed by atoms with Crippen molar-refractivity contribution in [2.75, 3.05) is 12.0 Å². The minimum atomic E-state index is -1.47. The molecule has 8 N–H and O–H groups in total. The third-order valence-corrected chi connectivity index (χ3v) is 5.56. The van der Waals surface area contributed by atoms with Gasteiger partial charge in [-0.05, 0) is 30.8 Å². The average Bonchev–Trinajstić information content (AvgIpc) is 3.28. The molecule has 13 nitrogen and oxygen atoms in total. The highest BCUT2D eigenvalue weighted by Gasteiger charge is 2.32. The summed E-state index contributed by atoms with van der Waals surface area (Å²) >= 11 is 1.48. The van der Waals surface area contributed by atoms with Crippen LogP contribution in [0.1, 0.15) is 38.8 Å². The number of aliphatic carboxylic acids is 2. The predicted octanol–water partition coefficient (Wildman–Crippen LogP) is -0.908. The van der Waals surface area contributed by atoms with Crippen molar-refractivity contribution in [2.24, 2.45) is 11.7 Å². The van der Waals surface area contributed by atoms with E-state index in [4.69, 9.17) is 5.73 Å². The van der Waals surface area contributed by atoms with Crippen LogP contribution in [0.3, 0.4) is 0 Å². The number of aromatic nitrogens is 2. The zero-order valence-corrected chi connectivity index (χ0v) is 20.8. The van der Waals surface area contributed by atoms with E-state index >= 15 is 0 Å². The molecule has 1 rings (SSSR count). The van der Waals surface area contributed by atoms with Gasteiger partial charge >= 0.3 is 11.9 Å². The van der Waals surface area contributed by atoms with Crippen molar-refractivity contribution < 1.29 is 34.2 Å². The maximum atomic E-state index is 12.9. The first kappa shape index (κ1) is 29.9. The SMILES string of the molecule is CSCCC(N)C(=O)NC(CC(=O)O)C(=O)NC(CC(C)C)C(=O)NC(Cc1cnc[nH]1)C(=O)O. The molecule has 196 valence electrons. The van der Waals surface area contributed by atoms with Crippen molar-refractivity contribution in [3.8, 4) is 0 Å². The second-order valence-electron chi connectivity index (χ2n) is 8.42. The molecule has 0 saturated carbocycles. The number of aromatic amines is 1. The fourth-order valence-corrected chi connectivity index (χ4v) is 3.59. The third-order valence-electron chi connectivity index (χ3n) is 4.92. The monoisotopic (exact) mass is 514 g/mol. The molecule has 1 heterocycles. The van der Waals surface area contributed by atoms with Gasteiger partial charge in [0.15, 0.2) is 0 Å². The highest BCUT2D eigenvalue weighted by atomic mass is 32.2. The first-order valence-corrected chi connectivity index (χ1v) is 12.4. The highest BCUT2D eigenvalue weighted by molar-refractivity contribution is 7.98. The molecule has 0 bridgehead atoms. The van der Waals surface area contributed by atoms with Crippen LogP contribution in [-0.2, 0) is 30.4 Å². The molecular weight excluding hydrogens is 480 g/mol. The van der Waals surface area contributed by atoms with Gasteiger partial charge in [0.2, 0.25) is 17.7 Å². The molecule has 0 radical (unpaired) electrons. The zero-order chi connectivity index (χ0) is 26.5. The third kappa shape index (κ3) is 11.2. The molecule has 0 aliphatic carbocycles.